The Balaban J connectivity index is 1.21. The van der Waals surface area contributed by atoms with Gasteiger partial charge in [-0.05, 0) is 37.1 Å². The van der Waals surface area contributed by atoms with Crippen molar-refractivity contribution in [3.05, 3.63) is 60.3 Å². The average molecular weight is 418 g/mol. The number of nitrogens with zero attached hydrogens (tertiary/aromatic N) is 4. The van der Waals surface area contributed by atoms with Gasteiger partial charge in [-0.15, -0.1) is 0 Å². The molecule has 0 bridgehead atoms. The Labute approximate surface area is 179 Å². The lowest BCUT2D eigenvalue weighted by Gasteiger charge is -2.36. The SMILES string of the molecule is O=C(Cc1noc2ccccc12)N1CCC(N2CC(=O)N(c3ccccc3)C2=O)CC1. The van der Waals surface area contributed by atoms with Gasteiger partial charge in [0.15, 0.2) is 5.58 Å². The molecule has 2 aliphatic rings. The van der Waals surface area contributed by atoms with Crippen molar-refractivity contribution in [2.24, 2.45) is 0 Å². The van der Waals surface area contributed by atoms with Crippen molar-refractivity contribution in [2.75, 3.05) is 24.5 Å². The molecule has 1 aromatic heterocycles. The summed E-state index contributed by atoms with van der Waals surface area (Å²) >= 11 is 0. The lowest BCUT2D eigenvalue weighted by Crippen LogP contribution is -2.48. The van der Waals surface area contributed by atoms with E-state index in [1.807, 2.05) is 30.3 Å². The molecule has 158 valence electrons. The van der Waals surface area contributed by atoms with Gasteiger partial charge in [-0.1, -0.05) is 35.5 Å². The molecule has 2 aromatic carbocycles. The normalized spacial score (nSPS) is 17.7. The highest BCUT2D eigenvalue weighted by Crippen LogP contribution is 2.27. The second-order valence-electron chi connectivity index (χ2n) is 7.89. The van der Waals surface area contributed by atoms with E-state index in [0.29, 0.717) is 42.9 Å². The van der Waals surface area contributed by atoms with Crippen LogP contribution in [0.15, 0.2) is 59.1 Å². The number of aromatic nitrogens is 1. The Hall–Kier alpha value is -3.68. The molecule has 0 unspecified atom stereocenters. The molecule has 5 rings (SSSR count). The number of benzene rings is 2. The van der Waals surface area contributed by atoms with Crippen molar-refractivity contribution in [1.29, 1.82) is 0 Å². The fraction of sp³-hybridized carbons (Fsp3) is 0.304. The van der Waals surface area contributed by atoms with Gasteiger partial charge in [0.05, 0.1) is 12.1 Å². The fourth-order valence-corrected chi connectivity index (χ4v) is 4.38. The summed E-state index contributed by atoms with van der Waals surface area (Å²) in [4.78, 5) is 42.9. The van der Waals surface area contributed by atoms with Crippen LogP contribution < -0.4 is 4.90 Å². The van der Waals surface area contributed by atoms with E-state index >= 15 is 0 Å². The topological polar surface area (TPSA) is 87.0 Å². The molecule has 8 heteroatoms. The Morgan fingerprint density at radius 3 is 2.48 bits per heavy atom. The van der Waals surface area contributed by atoms with E-state index in [0.717, 1.165) is 5.39 Å². The summed E-state index contributed by atoms with van der Waals surface area (Å²) in [7, 11) is 0. The number of para-hydroxylation sites is 2. The summed E-state index contributed by atoms with van der Waals surface area (Å²) in [5.74, 6) is -0.222. The zero-order chi connectivity index (χ0) is 21.4. The molecule has 4 amide bonds. The lowest BCUT2D eigenvalue weighted by atomic mass is 10.0. The summed E-state index contributed by atoms with van der Waals surface area (Å²) in [6.45, 7) is 1.17. The molecule has 0 N–H and O–H groups in total. The smallest absolute Gasteiger partial charge is 0.332 e. The van der Waals surface area contributed by atoms with Crippen molar-refractivity contribution in [1.82, 2.24) is 15.0 Å². The highest BCUT2D eigenvalue weighted by Gasteiger charge is 2.41. The second kappa shape index (κ2) is 7.86. The van der Waals surface area contributed by atoms with Gasteiger partial charge in [0.1, 0.15) is 12.2 Å². The summed E-state index contributed by atoms with van der Waals surface area (Å²) < 4.78 is 5.29. The third kappa shape index (κ3) is 3.54. The summed E-state index contributed by atoms with van der Waals surface area (Å²) in [6.07, 6.45) is 1.48. The van der Waals surface area contributed by atoms with Crippen LogP contribution in [0.25, 0.3) is 11.0 Å². The first-order valence-electron chi connectivity index (χ1n) is 10.4. The molecular formula is C23H22N4O4. The van der Waals surface area contributed by atoms with Crippen molar-refractivity contribution in [3.8, 4) is 0 Å². The van der Waals surface area contributed by atoms with Gasteiger partial charge in [-0.2, -0.15) is 0 Å². The third-order valence-electron chi connectivity index (χ3n) is 6.04. The van der Waals surface area contributed by atoms with Gasteiger partial charge in [0.2, 0.25) is 5.91 Å². The standard InChI is InChI=1S/C23H22N4O4/c28-21(14-19-18-8-4-5-9-20(18)31-24-19)25-12-10-16(11-13-25)26-15-22(29)27(23(26)30)17-6-2-1-3-7-17/h1-9,16H,10-15H2. The second-order valence-corrected chi connectivity index (χ2v) is 7.89. The van der Waals surface area contributed by atoms with Gasteiger partial charge >= 0.3 is 6.03 Å². The van der Waals surface area contributed by atoms with E-state index in [9.17, 15) is 14.4 Å². The van der Waals surface area contributed by atoms with Gasteiger partial charge in [0, 0.05) is 24.5 Å². The predicted octanol–water partition coefficient (Wildman–Crippen LogP) is 2.83. The zero-order valence-electron chi connectivity index (χ0n) is 16.9. The summed E-state index contributed by atoms with van der Waals surface area (Å²) in [5, 5.41) is 4.90. The minimum Gasteiger partial charge on any atom is -0.356 e. The molecule has 3 heterocycles. The molecular weight excluding hydrogens is 396 g/mol. The van der Waals surface area contributed by atoms with Gasteiger partial charge in [0.25, 0.3) is 5.91 Å². The molecule has 31 heavy (non-hydrogen) atoms. The van der Waals surface area contributed by atoms with Crippen LogP contribution in [0.5, 0.6) is 0 Å². The van der Waals surface area contributed by atoms with E-state index in [1.54, 1.807) is 34.1 Å². The molecule has 0 saturated carbocycles. The number of carbonyl (C=O) groups excluding carboxylic acids is 3. The number of urea groups is 1. The van der Waals surface area contributed by atoms with Gasteiger partial charge in [-0.3, -0.25) is 9.59 Å². The van der Waals surface area contributed by atoms with Gasteiger partial charge < -0.3 is 14.3 Å². The third-order valence-corrected chi connectivity index (χ3v) is 6.04. The number of fused-ring (bicyclic) bond motifs is 1. The van der Waals surface area contributed by atoms with Crippen LogP contribution in [0.4, 0.5) is 10.5 Å². The van der Waals surface area contributed by atoms with Crippen LogP contribution in [0.3, 0.4) is 0 Å². The van der Waals surface area contributed by atoms with E-state index in [-0.39, 0.29) is 36.9 Å². The summed E-state index contributed by atoms with van der Waals surface area (Å²) in [6, 6.07) is 16.1. The van der Waals surface area contributed by atoms with Crippen LogP contribution in [-0.4, -0.2) is 58.5 Å². The average Bonchev–Trinajstić information content (AvgIpc) is 3.34. The quantitative estimate of drug-likeness (QED) is 0.608. The number of hydrogen-bond acceptors (Lipinski definition) is 5. The molecule has 3 aromatic rings. The minimum absolute atomic E-state index is 0.00719. The first-order chi connectivity index (χ1) is 15.1. The molecule has 2 saturated heterocycles. The molecule has 0 aliphatic carbocycles. The number of carbonyl (C=O) groups is 3. The maximum absolute atomic E-state index is 12.9. The van der Waals surface area contributed by atoms with Gasteiger partial charge in [-0.25, -0.2) is 9.69 Å². The highest BCUT2D eigenvalue weighted by atomic mass is 16.5. The number of hydrogen-bond donors (Lipinski definition) is 0. The predicted molar refractivity (Wildman–Crippen MR) is 113 cm³/mol. The van der Waals surface area contributed by atoms with Crippen LogP contribution in [0, 0.1) is 0 Å². The van der Waals surface area contributed by atoms with Crippen LogP contribution in [0.2, 0.25) is 0 Å². The van der Waals surface area contributed by atoms with E-state index < -0.39 is 0 Å². The van der Waals surface area contributed by atoms with Crippen LogP contribution in [-0.2, 0) is 16.0 Å². The Morgan fingerprint density at radius 2 is 1.71 bits per heavy atom. The number of likely N-dealkylation sites (tertiary alicyclic amines) is 1. The molecule has 0 spiro atoms. The first-order valence-corrected chi connectivity index (χ1v) is 10.4. The fourth-order valence-electron chi connectivity index (χ4n) is 4.38. The number of rotatable bonds is 4. The van der Waals surface area contributed by atoms with E-state index in [4.69, 9.17) is 4.52 Å². The minimum atomic E-state index is -0.282. The Morgan fingerprint density at radius 1 is 1.00 bits per heavy atom. The van der Waals surface area contributed by atoms with Crippen LogP contribution in [0.1, 0.15) is 18.5 Å². The molecule has 8 nitrogen and oxygen atoms in total. The number of amides is 4. The molecule has 2 fully saturated rings. The maximum Gasteiger partial charge on any atom is 0.332 e. The van der Waals surface area contributed by atoms with Crippen molar-refractivity contribution in [2.45, 2.75) is 25.3 Å². The van der Waals surface area contributed by atoms with Crippen molar-refractivity contribution < 1.29 is 18.9 Å². The Bertz CT molecular complexity index is 1130. The summed E-state index contributed by atoms with van der Waals surface area (Å²) in [5.41, 5.74) is 1.90. The lowest BCUT2D eigenvalue weighted by molar-refractivity contribution is -0.132. The number of imide groups is 1. The van der Waals surface area contributed by atoms with Crippen molar-refractivity contribution in [3.63, 3.8) is 0 Å². The monoisotopic (exact) mass is 418 g/mol. The molecule has 0 radical (unpaired) electrons. The number of piperidine rings is 1. The number of anilines is 1. The van der Waals surface area contributed by atoms with Crippen molar-refractivity contribution >= 4 is 34.5 Å². The highest BCUT2D eigenvalue weighted by molar-refractivity contribution is 6.19. The Kier molecular flexibility index (Phi) is 4.89. The van der Waals surface area contributed by atoms with E-state index in [2.05, 4.69) is 5.16 Å². The van der Waals surface area contributed by atoms with E-state index in [1.165, 1.54) is 4.90 Å². The largest absolute Gasteiger partial charge is 0.356 e. The molecule has 0 atom stereocenters. The first kappa shape index (κ1) is 19.3. The molecule has 2 aliphatic heterocycles. The zero-order valence-corrected chi connectivity index (χ0v) is 16.9. The maximum atomic E-state index is 12.9. The van der Waals surface area contributed by atoms with Crippen LogP contribution >= 0.6 is 0 Å².